The first-order chi connectivity index (χ1) is 14.2. The lowest BCUT2D eigenvalue weighted by molar-refractivity contribution is -0.118. The quantitative estimate of drug-likeness (QED) is 0.557. The fourth-order valence-corrected chi connectivity index (χ4v) is 3.81. The van der Waals surface area contributed by atoms with Gasteiger partial charge in [0, 0.05) is 30.9 Å². The lowest BCUT2D eigenvalue weighted by atomic mass is 10.1. The van der Waals surface area contributed by atoms with Crippen LogP contribution in [0.15, 0.2) is 42.7 Å². The second-order valence-corrected chi connectivity index (χ2v) is 8.84. The Bertz CT molecular complexity index is 1160. The number of aryl methyl sites for hydroxylation is 1. The van der Waals surface area contributed by atoms with Crippen LogP contribution in [-0.2, 0) is 14.8 Å². The molecular formula is C20H24N6O3S. The van der Waals surface area contributed by atoms with Crippen molar-refractivity contribution in [1.82, 2.24) is 25.2 Å². The molecule has 0 aliphatic heterocycles. The SMILES string of the molecule is Cc1cccnc1-c1cc2cccnc2c(NS(=O)(=O)CC(=O)NCCN(C)C)n1. The molecule has 0 saturated carbocycles. The highest BCUT2D eigenvalue weighted by Gasteiger charge is 2.20. The van der Waals surface area contributed by atoms with Gasteiger partial charge in [0.2, 0.25) is 15.9 Å². The number of nitrogens with one attached hydrogen (secondary N) is 2. The fraction of sp³-hybridized carbons (Fsp3) is 0.300. The normalized spacial score (nSPS) is 11.6. The molecule has 1 amide bonds. The molecule has 3 rings (SSSR count). The van der Waals surface area contributed by atoms with E-state index in [0.717, 1.165) is 5.56 Å². The number of carbonyl (C=O) groups is 1. The predicted molar refractivity (Wildman–Crippen MR) is 116 cm³/mol. The zero-order valence-electron chi connectivity index (χ0n) is 17.1. The van der Waals surface area contributed by atoms with E-state index in [1.165, 1.54) is 0 Å². The highest BCUT2D eigenvalue weighted by Crippen LogP contribution is 2.27. The first-order valence-corrected chi connectivity index (χ1v) is 11.0. The molecule has 10 heteroatoms. The van der Waals surface area contributed by atoms with E-state index in [2.05, 4.69) is 25.0 Å². The molecule has 3 aromatic heterocycles. The summed E-state index contributed by atoms with van der Waals surface area (Å²) in [4.78, 5) is 27.0. The molecule has 0 aromatic carbocycles. The minimum Gasteiger partial charge on any atom is -0.354 e. The van der Waals surface area contributed by atoms with Gasteiger partial charge in [0.05, 0.1) is 11.4 Å². The number of aromatic nitrogens is 3. The number of hydrogen-bond donors (Lipinski definition) is 2. The molecule has 9 nitrogen and oxygen atoms in total. The molecule has 0 fully saturated rings. The standard InChI is InChI=1S/C20H24N6O3S/c1-14-6-4-8-22-18(14)16-12-15-7-5-9-23-19(15)20(24-16)25-30(28,29)13-17(27)21-10-11-26(2)3/h4-9,12H,10-11,13H2,1-3H3,(H,21,27)(H,24,25). The molecule has 0 saturated heterocycles. The first-order valence-electron chi connectivity index (χ1n) is 9.35. The molecule has 0 bridgehead atoms. The van der Waals surface area contributed by atoms with Crippen LogP contribution in [-0.4, -0.2) is 67.1 Å². The zero-order chi connectivity index (χ0) is 21.7. The number of fused-ring (bicyclic) bond motifs is 1. The third-order valence-electron chi connectivity index (χ3n) is 4.29. The van der Waals surface area contributed by atoms with Gasteiger partial charge in [-0.1, -0.05) is 12.1 Å². The molecule has 2 N–H and O–H groups in total. The van der Waals surface area contributed by atoms with Gasteiger partial charge in [-0.25, -0.2) is 13.4 Å². The van der Waals surface area contributed by atoms with Gasteiger partial charge in [-0.05, 0) is 44.8 Å². The minimum absolute atomic E-state index is 0.0641. The van der Waals surface area contributed by atoms with Gasteiger partial charge in [-0.2, -0.15) is 0 Å². The summed E-state index contributed by atoms with van der Waals surface area (Å²) in [5.41, 5.74) is 2.46. The topological polar surface area (TPSA) is 117 Å². The van der Waals surface area contributed by atoms with Crippen LogP contribution < -0.4 is 10.0 Å². The van der Waals surface area contributed by atoms with E-state index in [-0.39, 0.29) is 5.82 Å². The Balaban J connectivity index is 1.89. The Morgan fingerprint density at radius 3 is 2.60 bits per heavy atom. The van der Waals surface area contributed by atoms with Crippen molar-refractivity contribution in [1.29, 1.82) is 0 Å². The van der Waals surface area contributed by atoms with Gasteiger partial charge in [0.15, 0.2) is 5.82 Å². The molecule has 0 radical (unpaired) electrons. The van der Waals surface area contributed by atoms with Crippen LogP contribution in [0.3, 0.4) is 0 Å². The maximum absolute atomic E-state index is 12.6. The van der Waals surface area contributed by atoms with Crippen molar-refractivity contribution in [3.05, 3.63) is 48.3 Å². The van der Waals surface area contributed by atoms with Crippen LogP contribution in [0.1, 0.15) is 5.56 Å². The second-order valence-electron chi connectivity index (χ2n) is 7.11. The number of pyridine rings is 3. The monoisotopic (exact) mass is 428 g/mol. The van der Waals surface area contributed by atoms with Crippen molar-refractivity contribution in [2.75, 3.05) is 37.7 Å². The van der Waals surface area contributed by atoms with Crippen LogP contribution in [0.4, 0.5) is 5.82 Å². The summed E-state index contributed by atoms with van der Waals surface area (Å²) in [6.45, 7) is 2.87. The van der Waals surface area contributed by atoms with Crippen molar-refractivity contribution in [2.45, 2.75) is 6.92 Å². The van der Waals surface area contributed by atoms with E-state index in [9.17, 15) is 13.2 Å². The zero-order valence-corrected chi connectivity index (χ0v) is 17.9. The van der Waals surface area contributed by atoms with Crippen LogP contribution in [0.2, 0.25) is 0 Å². The summed E-state index contributed by atoms with van der Waals surface area (Å²) in [5.74, 6) is -1.23. The first kappa shape index (κ1) is 21.6. The Labute approximate surface area is 175 Å². The molecule has 0 spiro atoms. The van der Waals surface area contributed by atoms with Gasteiger partial charge in [0.1, 0.15) is 11.3 Å². The number of amides is 1. The molecular weight excluding hydrogens is 404 g/mol. The number of nitrogens with zero attached hydrogens (tertiary/aromatic N) is 4. The summed E-state index contributed by atoms with van der Waals surface area (Å²) >= 11 is 0. The maximum atomic E-state index is 12.6. The number of rotatable bonds is 8. The molecule has 0 unspecified atom stereocenters. The Kier molecular flexibility index (Phi) is 6.58. The Morgan fingerprint density at radius 2 is 1.87 bits per heavy atom. The summed E-state index contributed by atoms with van der Waals surface area (Å²) < 4.78 is 27.6. The van der Waals surface area contributed by atoms with E-state index >= 15 is 0 Å². The average Bonchev–Trinajstić information content (AvgIpc) is 2.67. The number of sulfonamides is 1. The maximum Gasteiger partial charge on any atom is 0.243 e. The Hall–Kier alpha value is -3.11. The summed E-state index contributed by atoms with van der Waals surface area (Å²) in [6, 6.07) is 9.11. The van der Waals surface area contributed by atoms with E-state index in [4.69, 9.17) is 0 Å². The van der Waals surface area contributed by atoms with E-state index in [1.807, 2.05) is 50.2 Å². The van der Waals surface area contributed by atoms with Crippen molar-refractivity contribution < 1.29 is 13.2 Å². The van der Waals surface area contributed by atoms with Gasteiger partial charge in [-0.3, -0.25) is 19.5 Å². The highest BCUT2D eigenvalue weighted by molar-refractivity contribution is 7.93. The van der Waals surface area contributed by atoms with Crippen molar-refractivity contribution in [2.24, 2.45) is 0 Å². The summed E-state index contributed by atoms with van der Waals surface area (Å²) in [6.07, 6.45) is 3.21. The average molecular weight is 429 g/mol. The van der Waals surface area contributed by atoms with Crippen LogP contribution in [0, 0.1) is 6.92 Å². The summed E-state index contributed by atoms with van der Waals surface area (Å²) in [7, 11) is -0.252. The molecule has 0 aliphatic carbocycles. The largest absolute Gasteiger partial charge is 0.354 e. The molecule has 0 aliphatic rings. The summed E-state index contributed by atoms with van der Waals surface area (Å²) in [5, 5.41) is 3.30. The fourth-order valence-electron chi connectivity index (χ4n) is 2.86. The van der Waals surface area contributed by atoms with Crippen LogP contribution >= 0.6 is 0 Å². The third kappa shape index (κ3) is 5.49. The van der Waals surface area contributed by atoms with E-state index in [1.54, 1.807) is 18.5 Å². The van der Waals surface area contributed by atoms with Crippen molar-refractivity contribution in [3.63, 3.8) is 0 Å². The number of hydrogen-bond acceptors (Lipinski definition) is 7. The smallest absolute Gasteiger partial charge is 0.243 e. The molecule has 3 aromatic rings. The number of carbonyl (C=O) groups excluding carboxylic acids is 1. The van der Waals surface area contributed by atoms with Crippen molar-refractivity contribution >= 4 is 32.7 Å². The number of anilines is 1. The molecule has 158 valence electrons. The Morgan fingerprint density at radius 1 is 1.13 bits per heavy atom. The second kappa shape index (κ2) is 9.14. The lowest BCUT2D eigenvalue weighted by Crippen LogP contribution is -2.36. The predicted octanol–water partition coefficient (Wildman–Crippen LogP) is 1.42. The van der Waals surface area contributed by atoms with Crippen LogP contribution in [0.5, 0.6) is 0 Å². The lowest BCUT2D eigenvalue weighted by Gasteiger charge is -2.13. The van der Waals surface area contributed by atoms with Gasteiger partial charge in [-0.15, -0.1) is 0 Å². The molecule has 3 heterocycles. The highest BCUT2D eigenvalue weighted by atomic mass is 32.2. The van der Waals surface area contributed by atoms with Gasteiger partial charge in [0.25, 0.3) is 0 Å². The number of likely N-dealkylation sites (N-methyl/N-ethyl adjacent to an activating group) is 1. The van der Waals surface area contributed by atoms with E-state index < -0.39 is 21.7 Å². The van der Waals surface area contributed by atoms with Crippen molar-refractivity contribution in [3.8, 4) is 11.4 Å². The van der Waals surface area contributed by atoms with E-state index in [0.29, 0.717) is 35.4 Å². The van der Waals surface area contributed by atoms with Crippen LogP contribution in [0.25, 0.3) is 22.3 Å². The third-order valence-corrected chi connectivity index (χ3v) is 5.44. The van der Waals surface area contributed by atoms with Gasteiger partial charge >= 0.3 is 0 Å². The van der Waals surface area contributed by atoms with Gasteiger partial charge < -0.3 is 10.2 Å². The minimum atomic E-state index is -3.98. The molecule has 30 heavy (non-hydrogen) atoms. The molecule has 0 atom stereocenters.